The number of amides is 1. The normalized spacial score (nSPS) is 20.3. The highest BCUT2D eigenvalue weighted by Gasteiger charge is 2.30. The molecule has 154 valence electrons. The standard InChI is InChI=1S/C21H24F2N4O2/c1-21(2)3-5-27-17(10-16-12-24-4-6-29-16)19(26-18(27)11-21)20(28)25-15-8-13(22)7-14(23)9-15/h3,5,7-9,16,24H,4,6,10-12H2,1-2H3,(H,25,28)/t16-/m0/s1. The first-order valence-corrected chi connectivity index (χ1v) is 9.70. The highest BCUT2D eigenvalue weighted by molar-refractivity contribution is 6.04. The molecule has 4 rings (SSSR count). The van der Waals surface area contributed by atoms with Crippen LogP contribution in [0.25, 0.3) is 6.20 Å². The number of ether oxygens (including phenoxy) is 1. The van der Waals surface area contributed by atoms with Gasteiger partial charge in [0, 0.05) is 43.9 Å². The number of hydrogen-bond donors (Lipinski definition) is 2. The van der Waals surface area contributed by atoms with Crippen molar-refractivity contribution in [2.75, 3.05) is 25.0 Å². The molecular weight excluding hydrogens is 378 g/mol. The molecule has 2 N–H and O–H groups in total. The Bertz CT molecular complexity index is 942. The SMILES string of the molecule is CC1(C)C=Cn2c(nc(C(=O)Nc3cc(F)cc(F)c3)c2C[C@H]2CNCCO2)C1. The smallest absolute Gasteiger partial charge is 0.276 e. The van der Waals surface area contributed by atoms with Crippen molar-refractivity contribution in [3.05, 3.63) is 53.1 Å². The zero-order valence-corrected chi connectivity index (χ0v) is 16.5. The van der Waals surface area contributed by atoms with Gasteiger partial charge >= 0.3 is 0 Å². The highest BCUT2D eigenvalue weighted by atomic mass is 19.1. The van der Waals surface area contributed by atoms with Gasteiger partial charge in [0.2, 0.25) is 0 Å². The quantitative estimate of drug-likeness (QED) is 0.825. The number of carbonyl (C=O) groups excluding carboxylic acids is 1. The molecule has 0 radical (unpaired) electrons. The molecule has 1 aromatic carbocycles. The molecule has 2 aliphatic rings. The molecule has 1 saturated heterocycles. The van der Waals surface area contributed by atoms with E-state index in [2.05, 4.69) is 35.5 Å². The van der Waals surface area contributed by atoms with Crippen LogP contribution in [-0.4, -0.2) is 41.3 Å². The molecule has 29 heavy (non-hydrogen) atoms. The molecule has 0 aliphatic carbocycles. The van der Waals surface area contributed by atoms with E-state index in [9.17, 15) is 13.6 Å². The number of halogens is 2. The maximum atomic E-state index is 13.5. The summed E-state index contributed by atoms with van der Waals surface area (Å²) >= 11 is 0. The first-order chi connectivity index (χ1) is 13.8. The van der Waals surface area contributed by atoms with Crippen molar-refractivity contribution in [1.82, 2.24) is 14.9 Å². The number of morpholine rings is 1. The summed E-state index contributed by atoms with van der Waals surface area (Å²) in [7, 11) is 0. The molecule has 0 bridgehead atoms. The van der Waals surface area contributed by atoms with Crippen LogP contribution in [0, 0.1) is 17.0 Å². The number of nitrogens with one attached hydrogen (secondary N) is 2. The summed E-state index contributed by atoms with van der Waals surface area (Å²) in [5.74, 6) is -1.22. The van der Waals surface area contributed by atoms with Crippen molar-refractivity contribution in [1.29, 1.82) is 0 Å². The first kappa shape index (κ1) is 19.7. The van der Waals surface area contributed by atoms with Gasteiger partial charge in [-0.1, -0.05) is 19.9 Å². The second kappa shape index (κ2) is 7.68. The van der Waals surface area contributed by atoms with Gasteiger partial charge in [0.25, 0.3) is 5.91 Å². The van der Waals surface area contributed by atoms with E-state index in [1.165, 1.54) is 0 Å². The van der Waals surface area contributed by atoms with Crippen LogP contribution in [0.5, 0.6) is 0 Å². The van der Waals surface area contributed by atoms with Crippen LogP contribution in [0.4, 0.5) is 14.5 Å². The Balaban J connectivity index is 1.66. The van der Waals surface area contributed by atoms with Crippen molar-refractivity contribution in [3.8, 4) is 0 Å². The van der Waals surface area contributed by atoms with E-state index in [4.69, 9.17) is 4.74 Å². The fourth-order valence-electron chi connectivity index (χ4n) is 3.72. The molecule has 1 atom stereocenters. The third kappa shape index (κ3) is 4.38. The third-order valence-corrected chi connectivity index (χ3v) is 5.13. The van der Waals surface area contributed by atoms with E-state index >= 15 is 0 Å². The van der Waals surface area contributed by atoms with Crippen molar-refractivity contribution in [2.45, 2.75) is 32.8 Å². The summed E-state index contributed by atoms with van der Waals surface area (Å²) in [6.45, 7) is 6.30. The average molecular weight is 402 g/mol. The summed E-state index contributed by atoms with van der Waals surface area (Å²) in [5, 5.41) is 5.86. The van der Waals surface area contributed by atoms with Crippen LogP contribution in [0.15, 0.2) is 24.3 Å². The number of nitrogens with zero attached hydrogens (tertiary/aromatic N) is 2. The Kier molecular flexibility index (Phi) is 5.23. The predicted molar refractivity (Wildman–Crippen MR) is 106 cm³/mol. The second-order valence-corrected chi connectivity index (χ2v) is 8.19. The van der Waals surface area contributed by atoms with Gasteiger partial charge < -0.3 is 19.9 Å². The fourth-order valence-corrected chi connectivity index (χ4v) is 3.72. The maximum absolute atomic E-state index is 13.5. The molecule has 0 spiro atoms. The number of benzene rings is 1. The molecule has 3 heterocycles. The van der Waals surface area contributed by atoms with Gasteiger partial charge in [0.15, 0.2) is 5.69 Å². The Labute approximate surface area is 168 Å². The number of allylic oxidation sites excluding steroid dienone is 1. The van der Waals surface area contributed by atoms with E-state index < -0.39 is 17.5 Å². The van der Waals surface area contributed by atoms with E-state index in [1.54, 1.807) is 0 Å². The van der Waals surface area contributed by atoms with Gasteiger partial charge in [-0.15, -0.1) is 0 Å². The van der Waals surface area contributed by atoms with Crippen molar-refractivity contribution in [3.63, 3.8) is 0 Å². The topological polar surface area (TPSA) is 68.2 Å². The molecule has 1 amide bonds. The zero-order chi connectivity index (χ0) is 20.6. The minimum absolute atomic E-state index is 0.0517. The van der Waals surface area contributed by atoms with Gasteiger partial charge in [0.1, 0.15) is 17.5 Å². The Morgan fingerprint density at radius 2 is 2.10 bits per heavy atom. The van der Waals surface area contributed by atoms with E-state index in [0.29, 0.717) is 26.0 Å². The number of aromatic nitrogens is 2. The lowest BCUT2D eigenvalue weighted by Gasteiger charge is -2.26. The van der Waals surface area contributed by atoms with Crippen LogP contribution >= 0.6 is 0 Å². The van der Waals surface area contributed by atoms with Gasteiger partial charge in [0.05, 0.1) is 18.4 Å². The fraction of sp³-hybridized carbons (Fsp3) is 0.429. The highest BCUT2D eigenvalue weighted by Crippen LogP contribution is 2.31. The Morgan fingerprint density at radius 1 is 1.34 bits per heavy atom. The largest absolute Gasteiger partial charge is 0.375 e. The van der Waals surface area contributed by atoms with Crippen LogP contribution in [0.3, 0.4) is 0 Å². The molecule has 8 heteroatoms. The molecule has 2 aliphatic heterocycles. The van der Waals surface area contributed by atoms with Crippen LogP contribution in [-0.2, 0) is 17.6 Å². The predicted octanol–water partition coefficient (Wildman–Crippen LogP) is 3.00. The van der Waals surface area contributed by atoms with Gasteiger partial charge in [-0.25, -0.2) is 13.8 Å². The monoisotopic (exact) mass is 402 g/mol. The molecule has 1 aromatic heterocycles. The van der Waals surface area contributed by atoms with E-state index in [1.807, 2.05) is 10.8 Å². The lowest BCUT2D eigenvalue weighted by Crippen LogP contribution is -2.40. The van der Waals surface area contributed by atoms with E-state index in [0.717, 1.165) is 36.3 Å². The number of imidazole rings is 1. The van der Waals surface area contributed by atoms with Gasteiger partial charge in [-0.2, -0.15) is 0 Å². The van der Waals surface area contributed by atoms with E-state index in [-0.39, 0.29) is 22.9 Å². The Hall–Kier alpha value is -2.58. The minimum Gasteiger partial charge on any atom is -0.375 e. The summed E-state index contributed by atoms with van der Waals surface area (Å²) in [4.78, 5) is 17.6. The van der Waals surface area contributed by atoms with Crippen LogP contribution in [0.1, 0.15) is 35.9 Å². The molecule has 0 unspecified atom stereocenters. The number of rotatable bonds is 4. The third-order valence-electron chi connectivity index (χ3n) is 5.13. The van der Waals surface area contributed by atoms with Crippen molar-refractivity contribution >= 4 is 17.8 Å². The van der Waals surface area contributed by atoms with Crippen molar-refractivity contribution in [2.24, 2.45) is 5.41 Å². The number of fused-ring (bicyclic) bond motifs is 1. The second-order valence-electron chi connectivity index (χ2n) is 8.19. The molecule has 1 fully saturated rings. The van der Waals surface area contributed by atoms with Gasteiger partial charge in [-0.3, -0.25) is 4.79 Å². The average Bonchev–Trinajstić information content (AvgIpc) is 2.98. The zero-order valence-electron chi connectivity index (χ0n) is 16.5. The van der Waals surface area contributed by atoms with Crippen LogP contribution in [0.2, 0.25) is 0 Å². The maximum Gasteiger partial charge on any atom is 0.276 e. The van der Waals surface area contributed by atoms with Crippen LogP contribution < -0.4 is 10.6 Å². The lowest BCUT2D eigenvalue weighted by atomic mass is 9.87. The lowest BCUT2D eigenvalue weighted by molar-refractivity contribution is 0.0283. The summed E-state index contributed by atoms with van der Waals surface area (Å²) in [5.41, 5.74) is 0.966. The molecule has 6 nitrogen and oxygen atoms in total. The number of hydrogen-bond acceptors (Lipinski definition) is 4. The summed E-state index contributed by atoms with van der Waals surface area (Å²) < 4.78 is 34.7. The summed E-state index contributed by atoms with van der Waals surface area (Å²) in [6, 6.07) is 2.92. The van der Waals surface area contributed by atoms with Gasteiger partial charge in [-0.05, 0) is 17.5 Å². The molecule has 2 aromatic rings. The van der Waals surface area contributed by atoms with Crippen molar-refractivity contribution < 1.29 is 18.3 Å². The first-order valence-electron chi connectivity index (χ1n) is 9.70. The minimum atomic E-state index is -0.754. The molecule has 0 saturated carbocycles. The summed E-state index contributed by atoms with van der Waals surface area (Å²) in [6.07, 6.45) is 5.14. The molecular formula is C21H24F2N4O2. The number of anilines is 1. The number of carbonyl (C=O) groups is 1. The Morgan fingerprint density at radius 3 is 2.79 bits per heavy atom.